The molecule has 22 heavy (non-hydrogen) atoms. The van der Waals surface area contributed by atoms with E-state index in [4.69, 9.17) is 4.99 Å². The highest BCUT2D eigenvalue weighted by Gasteiger charge is 2.19. The molecule has 1 aliphatic heterocycles. The zero-order valence-electron chi connectivity index (χ0n) is 12.9. The molecule has 0 amide bonds. The molecular formula is C21H21N. The fourth-order valence-electron chi connectivity index (χ4n) is 3.76. The van der Waals surface area contributed by atoms with Crippen LogP contribution in [0, 0.1) is 0 Å². The minimum Gasteiger partial charge on any atom is -0.279 e. The van der Waals surface area contributed by atoms with Crippen molar-refractivity contribution in [3.8, 4) is 0 Å². The summed E-state index contributed by atoms with van der Waals surface area (Å²) in [5.41, 5.74) is 7.40. The minimum absolute atomic E-state index is 0.705. The van der Waals surface area contributed by atoms with E-state index in [-0.39, 0.29) is 0 Å². The molecule has 0 atom stereocenters. The zero-order valence-corrected chi connectivity index (χ0v) is 12.9. The second-order valence-corrected chi connectivity index (χ2v) is 6.42. The van der Waals surface area contributed by atoms with E-state index < -0.39 is 0 Å². The summed E-state index contributed by atoms with van der Waals surface area (Å²) >= 11 is 0. The van der Waals surface area contributed by atoms with Crippen LogP contribution in [0.3, 0.4) is 0 Å². The Morgan fingerprint density at radius 2 is 1.55 bits per heavy atom. The van der Waals surface area contributed by atoms with Crippen molar-refractivity contribution >= 4 is 11.3 Å². The van der Waals surface area contributed by atoms with E-state index in [1.165, 1.54) is 47.9 Å². The number of rotatable bonds is 2. The molecule has 0 spiro atoms. The van der Waals surface area contributed by atoms with Crippen molar-refractivity contribution in [2.24, 2.45) is 4.99 Å². The molecule has 4 rings (SSSR count). The molecule has 1 nitrogen and oxygen atoms in total. The van der Waals surface area contributed by atoms with E-state index in [9.17, 15) is 0 Å². The number of hydrogen-bond donors (Lipinski definition) is 0. The lowest BCUT2D eigenvalue weighted by Crippen LogP contribution is -2.13. The van der Waals surface area contributed by atoms with Gasteiger partial charge < -0.3 is 0 Å². The Morgan fingerprint density at radius 3 is 2.27 bits per heavy atom. The first-order chi connectivity index (χ1) is 10.8. The fourth-order valence-corrected chi connectivity index (χ4v) is 3.76. The number of hydrogen-bond acceptors (Lipinski definition) is 1. The largest absolute Gasteiger partial charge is 0.279 e. The van der Waals surface area contributed by atoms with Crippen molar-refractivity contribution < 1.29 is 0 Å². The summed E-state index contributed by atoms with van der Waals surface area (Å²) in [4.78, 5) is 4.77. The predicted molar refractivity (Wildman–Crippen MR) is 93.6 cm³/mol. The summed E-state index contributed by atoms with van der Waals surface area (Å²) in [6.45, 7) is 4.85. The lowest BCUT2D eigenvalue weighted by molar-refractivity contribution is 0.723. The van der Waals surface area contributed by atoms with E-state index in [1.54, 1.807) is 0 Å². The molecule has 2 aromatic rings. The molecule has 0 N–H and O–H groups in total. The highest BCUT2D eigenvalue weighted by molar-refractivity contribution is 6.16. The highest BCUT2D eigenvalue weighted by atomic mass is 14.8. The maximum absolute atomic E-state index is 4.77. The third-order valence-corrected chi connectivity index (χ3v) is 5.00. The third kappa shape index (κ3) is 2.31. The van der Waals surface area contributed by atoms with Gasteiger partial charge in [0.05, 0.1) is 12.3 Å². The Bertz CT molecular complexity index is 731. The summed E-state index contributed by atoms with van der Waals surface area (Å²) in [5.74, 6) is 0.773. The minimum atomic E-state index is 0.705. The second kappa shape index (κ2) is 5.57. The van der Waals surface area contributed by atoms with Crippen LogP contribution in [0.25, 0.3) is 5.57 Å². The molecule has 110 valence electrons. The van der Waals surface area contributed by atoms with Crippen molar-refractivity contribution in [3.05, 3.63) is 77.4 Å². The predicted octanol–water partition coefficient (Wildman–Crippen LogP) is 5.21. The normalized spacial score (nSPS) is 18.2. The SMILES string of the molecule is C=C1CN=C(c2ccc(C3CCCC3)cc2)c2ccccc21. The van der Waals surface area contributed by atoms with Gasteiger partial charge in [0.15, 0.2) is 0 Å². The lowest BCUT2D eigenvalue weighted by atomic mass is 9.90. The van der Waals surface area contributed by atoms with Crippen LogP contribution in [0.5, 0.6) is 0 Å². The summed E-state index contributed by atoms with van der Waals surface area (Å²) in [7, 11) is 0. The molecule has 1 fully saturated rings. The van der Waals surface area contributed by atoms with Crippen molar-refractivity contribution in [3.63, 3.8) is 0 Å². The van der Waals surface area contributed by atoms with Crippen LogP contribution < -0.4 is 0 Å². The van der Waals surface area contributed by atoms with Crippen molar-refractivity contribution in [1.29, 1.82) is 0 Å². The number of fused-ring (bicyclic) bond motifs is 1. The average Bonchev–Trinajstić information content (AvgIpc) is 3.10. The van der Waals surface area contributed by atoms with Gasteiger partial charge in [0.1, 0.15) is 0 Å². The van der Waals surface area contributed by atoms with Gasteiger partial charge in [0.25, 0.3) is 0 Å². The number of nitrogens with zero attached hydrogens (tertiary/aromatic N) is 1. The molecular weight excluding hydrogens is 266 g/mol. The second-order valence-electron chi connectivity index (χ2n) is 6.42. The van der Waals surface area contributed by atoms with E-state index in [0.717, 1.165) is 17.2 Å². The molecule has 2 aliphatic rings. The zero-order chi connectivity index (χ0) is 14.9. The van der Waals surface area contributed by atoms with Crippen molar-refractivity contribution in [2.75, 3.05) is 6.54 Å². The topological polar surface area (TPSA) is 12.4 Å². The molecule has 1 heteroatoms. The molecule has 1 heterocycles. The number of benzene rings is 2. The summed E-state index contributed by atoms with van der Waals surface area (Å²) in [6, 6.07) is 17.6. The first-order valence-corrected chi connectivity index (χ1v) is 8.25. The third-order valence-electron chi connectivity index (χ3n) is 5.00. The highest BCUT2D eigenvalue weighted by Crippen LogP contribution is 2.34. The molecule has 0 bridgehead atoms. The average molecular weight is 287 g/mol. The van der Waals surface area contributed by atoms with Crippen LogP contribution in [0.4, 0.5) is 0 Å². The molecule has 0 radical (unpaired) electrons. The van der Waals surface area contributed by atoms with E-state index >= 15 is 0 Å². The first-order valence-electron chi connectivity index (χ1n) is 8.25. The summed E-state index contributed by atoms with van der Waals surface area (Å²) < 4.78 is 0. The van der Waals surface area contributed by atoms with Gasteiger partial charge in [-0.05, 0) is 35.5 Å². The molecule has 2 aromatic carbocycles. The van der Waals surface area contributed by atoms with Crippen LogP contribution in [0.2, 0.25) is 0 Å². The molecule has 0 aromatic heterocycles. The molecule has 0 saturated heterocycles. The Morgan fingerprint density at radius 1 is 0.864 bits per heavy atom. The van der Waals surface area contributed by atoms with Crippen LogP contribution >= 0.6 is 0 Å². The monoisotopic (exact) mass is 287 g/mol. The summed E-state index contributed by atoms with van der Waals surface area (Å²) in [5, 5.41) is 0. The number of aliphatic imine (C=N–C) groups is 1. The molecule has 1 aliphatic carbocycles. The first kappa shape index (κ1) is 13.5. The molecule has 0 unspecified atom stereocenters. The Kier molecular flexibility index (Phi) is 3.42. The van der Waals surface area contributed by atoms with Crippen LogP contribution in [-0.2, 0) is 0 Å². The van der Waals surface area contributed by atoms with Gasteiger partial charge >= 0.3 is 0 Å². The van der Waals surface area contributed by atoms with Crippen molar-refractivity contribution in [2.45, 2.75) is 31.6 Å². The lowest BCUT2D eigenvalue weighted by Gasteiger charge is -2.19. The van der Waals surface area contributed by atoms with Gasteiger partial charge in [0, 0.05) is 11.1 Å². The summed E-state index contributed by atoms with van der Waals surface area (Å²) in [6.07, 6.45) is 5.47. The van der Waals surface area contributed by atoms with Gasteiger partial charge in [0.2, 0.25) is 0 Å². The Hall–Kier alpha value is -2.15. The smallest absolute Gasteiger partial charge is 0.0729 e. The standard InChI is InChI=1S/C21H21N/c1-15-14-22-21(20-9-5-4-8-19(15)20)18-12-10-17(11-13-18)16-6-2-3-7-16/h4-5,8-13,16H,1-3,6-7,14H2. The van der Waals surface area contributed by atoms with E-state index in [2.05, 4.69) is 55.1 Å². The van der Waals surface area contributed by atoms with Crippen LogP contribution in [-0.4, -0.2) is 12.3 Å². The van der Waals surface area contributed by atoms with Gasteiger partial charge in [-0.2, -0.15) is 0 Å². The van der Waals surface area contributed by atoms with E-state index in [0.29, 0.717) is 6.54 Å². The van der Waals surface area contributed by atoms with E-state index in [1.807, 2.05) is 0 Å². The Balaban J connectivity index is 1.69. The van der Waals surface area contributed by atoms with Gasteiger partial charge in [-0.15, -0.1) is 0 Å². The van der Waals surface area contributed by atoms with Crippen LogP contribution in [0.15, 0.2) is 60.1 Å². The van der Waals surface area contributed by atoms with Crippen molar-refractivity contribution in [1.82, 2.24) is 0 Å². The van der Waals surface area contributed by atoms with Crippen LogP contribution in [0.1, 0.15) is 53.9 Å². The van der Waals surface area contributed by atoms with Gasteiger partial charge in [-0.25, -0.2) is 0 Å². The maximum atomic E-state index is 4.77. The quantitative estimate of drug-likeness (QED) is 0.719. The van der Waals surface area contributed by atoms with Gasteiger partial charge in [-0.3, -0.25) is 4.99 Å². The maximum Gasteiger partial charge on any atom is 0.0729 e. The Labute approximate surface area is 132 Å². The molecule has 1 saturated carbocycles. The van der Waals surface area contributed by atoms with Gasteiger partial charge in [-0.1, -0.05) is 68.0 Å². The fraction of sp³-hybridized carbons (Fsp3) is 0.286.